The molecule has 2 rings (SSSR count). The van der Waals surface area contributed by atoms with Crippen molar-refractivity contribution in [2.24, 2.45) is 5.73 Å². The van der Waals surface area contributed by atoms with Gasteiger partial charge < -0.3 is 10.6 Å². The lowest BCUT2D eigenvalue weighted by molar-refractivity contribution is 0.805. The van der Waals surface area contributed by atoms with Crippen molar-refractivity contribution in [3.63, 3.8) is 0 Å². The number of fused-ring (bicyclic) bond motifs is 1. The van der Waals surface area contributed by atoms with Crippen molar-refractivity contribution < 1.29 is 0 Å². The molecule has 0 aromatic heterocycles. The number of nitrogens with two attached hydrogens (primary N) is 1. The molecule has 76 valence electrons. The third-order valence-corrected chi connectivity index (χ3v) is 3.80. The van der Waals surface area contributed by atoms with Crippen molar-refractivity contribution in [3.8, 4) is 0 Å². The first kappa shape index (κ1) is 10.3. The standard InChI is InChI=1S/C10H13BrN2S/c11-8-1-2-9-10(7-8)14-6-5-13(9)4-3-12/h1-2,7H,3-6,12H2. The van der Waals surface area contributed by atoms with Crippen molar-refractivity contribution in [1.29, 1.82) is 0 Å². The Morgan fingerprint density at radius 3 is 3.14 bits per heavy atom. The highest BCUT2D eigenvalue weighted by Crippen LogP contribution is 2.36. The Labute approximate surface area is 97.0 Å². The minimum absolute atomic E-state index is 0.722. The van der Waals surface area contributed by atoms with Crippen molar-refractivity contribution >= 4 is 33.4 Å². The van der Waals surface area contributed by atoms with Gasteiger partial charge in [0.15, 0.2) is 0 Å². The molecule has 1 aliphatic heterocycles. The normalized spacial score (nSPS) is 15.4. The monoisotopic (exact) mass is 272 g/mol. The van der Waals surface area contributed by atoms with E-state index in [1.807, 2.05) is 11.8 Å². The second-order valence-electron chi connectivity index (χ2n) is 3.24. The van der Waals surface area contributed by atoms with E-state index in [9.17, 15) is 0 Å². The first-order valence-electron chi connectivity index (χ1n) is 4.68. The van der Waals surface area contributed by atoms with E-state index in [2.05, 4.69) is 39.0 Å². The van der Waals surface area contributed by atoms with Gasteiger partial charge in [-0.1, -0.05) is 15.9 Å². The molecule has 4 heteroatoms. The summed E-state index contributed by atoms with van der Waals surface area (Å²) in [5.74, 6) is 1.16. The molecule has 0 saturated heterocycles. The summed E-state index contributed by atoms with van der Waals surface area (Å²) in [4.78, 5) is 3.72. The van der Waals surface area contributed by atoms with E-state index in [0.717, 1.165) is 29.9 Å². The number of benzene rings is 1. The molecule has 0 bridgehead atoms. The number of thioether (sulfide) groups is 1. The SMILES string of the molecule is NCCN1CCSc2cc(Br)ccc21. The van der Waals surface area contributed by atoms with E-state index in [-0.39, 0.29) is 0 Å². The minimum Gasteiger partial charge on any atom is -0.369 e. The lowest BCUT2D eigenvalue weighted by Crippen LogP contribution is -2.33. The lowest BCUT2D eigenvalue weighted by atomic mass is 10.2. The molecule has 0 unspecified atom stereocenters. The van der Waals surface area contributed by atoms with Gasteiger partial charge in [0.1, 0.15) is 0 Å². The fraction of sp³-hybridized carbons (Fsp3) is 0.400. The summed E-state index contributed by atoms with van der Waals surface area (Å²) in [6, 6.07) is 6.44. The Morgan fingerprint density at radius 2 is 2.36 bits per heavy atom. The number of halogens is 1. The van der Waals surface area contributed by atoms with Crippen molar-refractivity contribution in [3.05, 3.63) is 22.7 Å². The predicted molar refractivity (Wildman–Crippen MR) is 66.1 cm³/mol. The number of rotatable bonds is 2. The van der Waals surface area contributed by atoms with E-state index in [1.54, 1.807) is 0 Å². The van der Waals surface area contributed by atoms with Gasteiger partial charge in [0, 0.05) is 34.8 Å². The van der Waals surface area contributed by atoms with Crippen molar-refractivity contribution in [1.82, 2.24) is 0 Å². The maximum Gasteiger partial charge on any atom is 0.0505 e. The molecule has 0 radical (unpaired) electrons. The molecule has 0 aliphatic carbocycles. The van der Waals surface area contributed by atoms with Crippen LogP contribution in [0.5, 0.6) is 0 Å². The van der Waals surface area contributed by atoms with E-state index in [4.69, 9.17) is 5.73 Å². The summed E-state index contributed by atoms with van der Waals surface area (Å²) in [5.41, 5.74) is 6.92. The molecule has 1 aromatic carbocycles. The van der Waals surface area contributed by atoms with Gasteiger partial charge in [-0.05, 0) is 18.2 Å². The van der Waals surface area contributed by atoms with Gasteiger partial charge in [0.25, 0.3) is 0 Å². The van der Waals surface area contributed by atoms with Crippen LogP contribution >= 0.6 is 27.7 Å². The Morgan fingerprint density at radius 1 is 1.50 bits per heavy atom. The van der Waals surface area contributed by atoms with Gasteiger partial charge in [-0.25, -0.2) is 0 Å². The first-order chi connectivity index (χ1) is 6.81. The van der Waals surface area contributed by atoms with Crippen LogP contribution in [0.1, 0.15) is 0 Å². The van der Waals surface area contributed by atoms with Crippen molar-refractivity contribution in [2.75, 3.05) is 30.3 Å². The fourth-order valence-electron chi connectivity index (χ4n) is 1.64. The summed E-state index contributed by atoms with van der Waals surface area (Å²) in [6.45, 7) is 2.78. The highest BCUT2D eigenvalue weighted by molar-refractivity contribution is 9.10. The molecule has 0 atom stereocenters. The molecule has 1 heterocycles. The Hall–Kier alpha value is -0.190. The van der Waals surface area contributed by atoms with Gasteiger partial charge in [-0.3, -0.25) is 0 Å². The second kappa shape index (κ2) is 4.55. The molecule has 1 aliphatic rings. The van der Waals surface area contributed by atoms with Crippen LogP contribution in [0.25, 0.3) is 0 Å². The Balaban J connectivity index is 2.30. The molecule has 2 nitrogen and oxygen atoms in total. The molecule has 2 N–H and O–H groups in total. The second-order valence-corrected chi connectivity index (χ2v) is 5.29. The van der Waals surface area contributed by atoms with Crippen molar-refractivity contribution in [2.45, 2.75) is 4.90 Å². The molecular weight excluding hydrogens is 260 g/mol. The zero-order valence-corrected chi connectivity index (χ0v) is 10.3. The Bertz CT molecular complexity index is 330. The van der Waals surface area contributed by atoms with Gasteiger partial charge in [0.2, 0.25) is 0 Å². The third kappa shape index (κ3) is 2.07. The smallest absolute Gasteiger partial charge is 0.0505 e. The molecular formula is C10H13BrN2S. The molecule has 0 amide bonds. The molecule has 0 saturated carbocycles. The molecule has 1 aromatic rings. The van der Waals surface area contributed by atoms with E-state index in [1.165, 1.54) is 10.6 Å². The molecule has 0 spiro atoms. The van der Waals surface area contributed by atoms with Crippen LogP contribution in [0.2, 0.25) is 0 Å². The molecule has 14 heavy (non-hydrogen) atoms. The highest BCUT2D eigenvalue weighted by Gasteiger charge is 2.16. The Kier molecular flexibility index (Phi) is 3.36. The summed E-state index contributed by atoms with van der Waals surface area (Å²) in [5, 5.41) is 0. The van der Waals surface area contributed by atoms with E-state index < -0.39 is 0 Å². The zero-order valence-electron chi connectivity index (χ0n) is 7.87. The topological polar surface area (TPSA) is 29.3 Å². The number of hydrogen-bond acceptors (Lipinski definition) is 3. The van der Waals surface area contributed by atoms with Gasteiger partial charge >= 0.3 is 0 Å². The average molecular weight is 273 g/mol. The summed E-state index contributed by atoms with van der Waals surface area (Å²) in [6.07, 6.45) is 0. The summed E-state index contributed by atoms with van der Waals surface area (Å²) >= 11 is 5.41. The van der Waals surface area contributed by atoms with Crippen LogP contribution in [0, 0.1) is 0 Å². The van der Waals surface area contributed by atoms with Gasteiger partial charge in [-0.2, -0.15) is 0 Å². The van der Waals surface area contributed by atoms with E-state index >= 15 is 0 Å². The number of hydrogen-bond donors (Lipinski definition) is 1. The van der Waals surface area contributed by atoms with Gasteiger partial charge in [0.05, 0.1) is 5.69 Å². The largest absolute Gasteiger partial charge is 0.369 e. The van der Waals surface area contributed by atoms with Crippen LogP contribution in [-0.2, 0) is 0 Å². The van der Waals surface area contributed by atoms with Crippen LogP contribution < -0.4 is 10.6 Å². The molecule has 0 fully saturated rings. The van der Waals surface area contributed by atoms with Crippen LogP contribution in [0.4, 0.5) is 5.69 Å². The maximum absolute atomic E-state index is 5.59. The number of nitrogens with zero attached hydrogens (tertiary/aromatic N) is 1. The summed E-state index contributed by atoms with van der Waals surface area (Å²) < 4.78 is 1.15. The van der Waals surface area contributed by atoms with E-state index in [0.29, 0.717) is 0 Å². The summed E-state index contributed by atoms with van der Waals surface area (Å²) in [7, 11) is 0. The third-order valence-electron chi connectivity index (χ3n) is 2.28. The van der Waals surface area contributed by atoms with Crippen LogP contribution in [0.15, 0.2) is 27.6 Å². The van der Waals surface area contributed by atoms with Crippen LogP contribution in [-0.4, -0.2) is 25.4 Å². The zero-order chi connectivity index (χ0) is 9.97. The average Bonchev–Trinajstić information content (AvgIpc) is 2.18. The fourth-order valence-corrected chi connectivity index (χ4v) is 3.24. The van der Waals surface area contributed by atoms with Crippen LogP contribution in [0.3, 0.4) is 0 Å². The quantitative estimate of drug-likeness (QED) is 0.896. The lowest BCUT2D eigenvalue weighted by Gasteiger charge is -2.30. The highest BCUT2D eigenvalue weighted by atomic mass is 79.9. The predicted octanol–water partition coefficient (Wildman–Crippen LogP) is 2.32. The van der Waals surface area contributed by atoms with Gasteiger partial charge in [-0.15, -0.1) is 11.8 Å². The maximum atomic E-state index is 5.59. The minimum atomic E-state index is 0.722. The number of anilines is 1. The first-order valence-corrected chi connectivity index (χ1v) is 6.46.